The zero-order valence-corrected chi connectivity index (χ0v) is 11.7. The first-order valence-corrected chi connectivity index (χ1v) is 6.50. The van der Waals surface area contributed by atoms with Crippen molar-refractivity contribution < 1.29 is 9.29 Å². The third kappa shape index (κ3) is 3.32. The van der Waals surface area contributed by atoms with Crippen LogP contribution in [-0.4, -0.2) is 20.6 Å². The molecule has 1 atom stereocenters. The molecule has 1 heterocycles. The summed E-state index contributed by atoms with van der Waals surface area (Å²) in [4.78, 5) is 2.84. The summed E-state index contributed by atoms with van der Waals surface area (Å²) in [6.07, 6.45) is 7.45. The normalized spacial score (nSPS) is 18.6. The quantitative estimate of drug-likeness (QED) is 0.816. The fraction of sp³-hybridized carbons (Fsp3) is 0.250. The van der Waals surface area contributed by atoms with Crippen LogP contribution in [0.5, 0.6) is 0 Å². The lowest BCUT2D eigenvalue weighted by Gasteiger charge is -2.11. The predicted octanol–water partition coefficient (Wildman–Crippen LogP) is 2.38. The van der Waals surface area contributed by atoms with E-state index in [0.717, 1.165) is 22.6 Å². The maximum absolute atomic E-state index is 13.4. The highest BCUT2D eigenvalue weighted by molar-refractivity contribution is 5.58. The van der Waals surface area contributed by atoms with Gasteiger partial charge in [-0.15, -0.1) is 4.39 Å². The molecule has 1 aromatic rings. The number of anilines is 1. The van der Waals surface area contributed by atoms with E-state index in [0.29, 0.717) is 0 Å². The summed E-state index contributed by atoms with van der Waals surface area (Å²) < 4.78 is 13.4. The van der Waals surface area contributed by atoms with Gasteiger partial charge in [-0.3, -0.25) is 4.90 Å². The van der Waals surface area contributed by atoms with Crippen LogP contribution in [0.25, 0.3) is 6.08 Å². The summed E-state index contributed by atoms with van der Waals surface area (Å²) in [5, 5.41) is 0. The van der Waals surface area contributed by atoms with Crippen molar-refractivity contribution in [1.29, 1.82) is 0 Å². The van der Waals surface area contributed by atoms with Gasteiger partial charge in [0.2, 0.25) is 0 Å². The van der Waals surface area contributed by atoms with Gasteiger partial charge in [0.05, 0.1) is 6.54 Å². The number of benzene rings is 1. The van der Waals surface area contributed by atoms with Gasteiger partial charge in [0.15, 0.2) is 0 Å². The molecule has 1 aromatic carbocycles. The summed E-state index contributed by atoms with van der Waals surface area (Å²) in [6.45, 7) is 2.70. The largest absolute Gasteiger partial charge is 0.378 e. The van der Waals surface area contributed by atoms with E-state index < -0.39 is 0 Å². The predicted molar refractivity (Wildman–Crippen MR) is 78.6 cm³/mol. The molecule has 0 amide bonds. The van der Waals surface area contributed by atoms with E-state index in [1.807, 2.05) is 39.4 Å². The Hall–Kier alpha value is -1.87. The standard InChI is InChI=1S/C16H19FN2/c1-4-19-12-14(11-16(19)17)6-5-13-7-9-15(10-8-13)18(2)3/h5-12H,4H2,1-3H3/p+1/b6-5+. The molecule has 2 rings (SSSR count). The van der Waals surface area contributed by atoms with E-state index in [-0.39, 0.29) is 5.95 Å². The lowest BCUT2D eigenvalue weighted by Crippen LogP contribution is -3.03. The second-order valence-corrected chi connectivity index (χ2v) is 4.83. The average molecular weight is 259 g/mol. The average Bonchev–Trinajstić information content (AvgIpc) is 2.77. The molecular formula is C16H20FN2+. The topological polar surface area (TPSA) is 7.68 Å². The number of hydrogen-bond donors (Lipinski definition) is 1. The van der Waals surface area contributed by atoms with E-state index in [4.69, 9.17) is 0 Å². The van der Waals surface area contributed by atoms with Crippen molar-refractivity contribution in [3.63, 3.8) is 0 Å². The van der Waals surface area contributed by atoms with E-state index >= 15 is 0 Å². The zero-order chi connectivity index (χ0) is 13.8. The van der Waals surface area contributed by atoms with Crippen LogP contribution in [0.4, 0.5) is 10.1 Å². The smallest absolute Gasteiger partial charge is 0.289 e. The van der Waals surface area contributed by atoms with Crippen LogP contribution in [-0.2, 0) is 0 Å². The molecule has 1 N–H and O–H groups in total. The Morgan fingerprint density at radius 2 is 1.84 bits per heavy atom. The van der Waals surface area contributed by atoms with Crippen LogP contribution in [0.3, 0.4) is 0 Å². The van der Waals surface area contributed by atoms with Crippen LogP contribution >= 0.6 is 0 Å². The maximum Gasteiger partial charge on any atom is 0.289 e. The third-order valence-electron chi connectivity index (χ3n) is 3.20. The van der Waals surface area contributed by atoms with E-state index in [2.05, 4.69) is 29.2 Å². The Morgan fingerprint density at radius 1 is 1.16 bits per heavy atom. The Morgan fingerprint density at radius 3 is 2.37 bits per heavy atom. The molecule has 1 aliphatic rings. The molecule has 100 valence electrons. The van der Waals surface area contributed by atoms with Crippen molar-refractivity contribution in [2.24, 2.45) is 0 Å². The molecular weight excluding hydrogens is 239 g/mol. The van der Waals surface area contributed by atoms with Gasteiger partial charge >= 0.3 is 0 Å². The molecule has 2 nitrogen and oxygen atoms in total. The van der Waals surface area contributed by atoms with Crippen molar-refractivity contribution in [3.8, 4) is 0 Å². The van der Waals surface area contributed by atoms with Gasteiger partial charge in [-0.25, -0.2) is 0 Å². The highest BCUT2D eigenvalue weighted by Crippen LogP contribution is 2.14. The summed E-state index contributed by atoms with van der Waals surface area (Å²) >= 11 is 0. The number of allylic oxidation sites excluding steroid dienone is 3. The fourth-order valence-corrected chi connectivity index (χ4v) is 1.99. The third-order valence-corrected chi connectivity index (χ3v) is 3.20. The Balaban J connectivity index is 2.07. The highest BCUT2D eigenvalue weighted by atomic mass is 19.1. The van der Waals surface area contributed by atoms with Crippen LogP contribution in [0, 0.1) is 0 Å². The summed E-state index contributed by atoms with van der Waals surface area (Å²) in [5.74, 6) is -0.106. The summed E-state index contributed by atoms with van der Waals surface area (Å²) in [7, 11) is 4.04. The maximum atomic E-state index is 13.4. The summed E-state index contributed by atoms with van der Waals surface area (Å²) in [6, 6.07) is 8.27. The van der Waals surface area contributed by atoms with Gasteiger partial charge in [0, 0.05) is 31.4 Å². The van der Waals surface area contributed by atoms with Crippen LogP contribution in [0.2, 0.25) is 0 Å². The Kier molecular flexibility index (Phi) is 4.17. The van der Waals surface area contributed by atoms with Gasteiger partial charge in [-0.05, 0) is 30.7 Å². The first kappa shape index (κ1) is 13.6. The number of nitrogens with zero attached hydrogens (tertiary/aromatic N) is 1. The molecule has 1 unspecified atom stereocenters. The second kappa shape index (κ2) is 5.85. The molecule has 0 bridgehead atoms. The molecule has 0 radical (unpaired) electrons. The number of nitrogens with one attached hydrogen (secondary N) is 1. The first-order chi connectivity index (χ1) is 9.10. The SMILES string of the molecule is CC[NH+]1C=C(/C=C/c2ccc(N(C)C)cc2)C=C1F. The van der Waals surface area contributed by atoms with E-state index in [9.17, 15) is 4.39 Å². The Bertz CT molecular complexity index is 524. The molecule has 0 spiro atoms. The van der Waals surface area contributed by atoms with Gasteiger partial charge in [-0.1, -0.05) is 18.2 Å². The fourth-order valence-electron chi connectivity index (χ4n) is 1.99. The van der Waals surface area contributed by atoms with Gasteiger partial charge in [0.1, 0.15) is 6.20 Å². The van der Waals surface area contributed by atoms with Gasteiger partial charge < -0.3 is 4.90 Å². The van der Waals surface area contributed by atoms with Crippen LogP contribution in [0.1, 0.15) is 12.5 Å². The van der Waals surface area contributed by atoms with Crippen molar-refractivity contribution in [1.82, 2.24) is 0 Å². The minimum Gasteiger partial charge on any atom is -0.378 e. The van der Waals surface area contributed by atoms with Crippen LogP contribution in [0.15, 0.2) is 54.1 Å². The van der Waals surface area contributed by atoms with Crippen molar-refractivity contribution >= 4 is 11.8 Å². The minimum absolute atomic E-state index is 0.106. The molecule has 3 heteroatoms. The molecule has 0 fully saturated rings. The Labute approximate surface area is 114 Å². The molecule has 0 saturated carbocycles. The van der Waals surface area contributed by atoms with Gasteiger partial charge in [-0.2, -0.15) is 0 Å². The molecule has 19 heavy (non-hydrogen) atoms. The zero-order valence-electron chi connectivity index (χ0n) is 11.7. The summed E-state index contributed by atoms with van der Waals surface area (Å²) in [5.41, 5.74) is 3.21. The minimum atomic E-state index is -0.106. The highest BCUT2D eigenvalue weighted by Gasteiger charge is 2.17. The number of halogens is 1. The van der Waals surface area contributed by atoms with Crippen LogP contribution < -0.4 is 9.80 Å². The van der Waals surface area contributed by atoms with Crippen molar-refractivity contribution in [3.05, 3.63) is 59.7 Å². The lowest BCUT2D eigenvalue weighted by atomic mass is 10.1. The molecule has 0 aromatic heterocycles. The second-order valence-electron chi connectivity index (χ2n) is 4.83. The van der Waals surface area contributed by atoms with Crippen molar-refractivity contribution in [2.75, 3.05) is 25.5 Å². The lowest BCUT2D eigenvalue weighted by molar-refractivity contribution is -0.812. The number of hydrogen-bond acceptors (Lipinski definition) is 1. The van der Waals surface area contributed by atoms with E-state index in [1.165, 1.54) is 5.69 Å². The molecule has 0 saturated heterocycles. The number of quaternary nitrogens is 1. The first-order valence-electron chi connectivity index (χ1n) is 6.50. The van der Waals surface area contributed by atoms with Gasteiger partial charge in [0.25, 0.3) is 5.95 Å². The van der Waals surface area contributed by atoms with Crippen molar-refractivity contribution in [2.45, 2.75) is 6.92 Å². The molecule has 0 aliphatic carbocycles. The van der Waals surface area contributed by atoms with E-state index in [1.54, 1.807) is 6.08 Å². The number of rotatable bonds is 4. The monoisotopic (exact) mass is 259 g/mol. The molecule has 1 aliphatic heterocycles.